The fraction of sp³-hybridized carbons (Fsp3) is 0.438. The molecule has 1 aromatic rings. The van der Waals surface area contributed by atoms with Gasteiger partial charge in [-0.25, -0.2) is 4.79 Å². The fourth-order valence-corrected chi connectivity index (χ4v) is 2.57. The van der Waals surface area contributed by atoms with Gasteiger partial charge < -0.3 is 5.11 Å². The van der Waals surface area contributed by atoms with E-state index >= 15 is 0 Å². The monoisotopic (exact) mass is 273 g/mol. The van der Waals surface area contributed by atoms with Crippen LogP contribution in [0.5, 0.6) is 0 Å². The van der Waals surface area contributed by atoms with Gasteiger partial charge in [0, 0.05) is 18.6 Å². The summed E-state index contributed by atoms with van der Waals surface area (Å²) >= 11 is 0. The lowest BCUT2D eigenvalue weighted by Gasteiger charge is -2.29. The predicted octanol–water partition coefficient (Wildman–Crippen LogP) is 3.11. The molecular formula is C16H19NO3. The van der Waals surface area contributed by atoms with Crippen molar-refractivity contribution in [2.45, 2.75) is 39.7 Å². The van der Waals surface area contributed by atoms with Crippen LogP contribution in [0.3, 0.4) is 0 Å². The van der Waals surface area contributed by atoms with E-state index in [2.05, 4.69) is 18.8 Å². The summed E-state index contributed by atoms with van der Waals surface area (Å²) in [5, 5.41) is 8.83. The summed E-state index contributed by atoms with van der Waals surface area (Å²) < 4.78 is 0. The summed E-state index contributed by atoms with van der Waals surface area (Å²) in [6, 6.07) is 6.69. The van der Waals surface area contributed by atoms with Gasteiger partial charge in [-0.05, 0) is 29.5 Å². The Bertz CT molecular complexity index is 556. The van der Waals surface area contributed by atoms with Gasteiger partial charge in [0.2, 0.25) is 0 Å². The van der Waals surface area contributed by atoms with E-state index in [0.29, 0.717) is 19.4 Å². The van der Waals surface area contributed by atoms with E-state index in [1.165, 1.54) is 0 Å². The van der Waals surface area contributed by atoms with Crippen LogP contribution in [-0.2, 0) is 11.3 Å². The van der Waals surface area contributed by atoms with Gasteiger partial charge in [-0.15, -0.1) is 0 Å². The number of hydrogen-bond acceptors (Lipinski definition) is 3. The standard InChI is InChI=1S/C16H19NO3/c1-16(2)8-13(7-14(18)9-16)17-10-11-3-5-12(6-4-11)15(19)20/h3-6H,7-10H2,1-2H3,(H,19,20). The van der Waals surface area contributed by atoms with Gasteiger partial charge in [-0.3, -0.25) is 9.79 Å². The number of carboxylic acids is 1. The third kappa shape index (κ3) is 3.76. The maximum absolute atomic E-state index is 11.7. The van der Waals surface area contributed by atoms with Crippen molar-refractivity contribution < 1.29 is 14.7 Å². The average Bonchev–Trinajstić information content (AvgIpc) is 2.34. The van der Waals surface area contributed by atoms with E-state index in [-0.39, 0.29) is 16.8 Å². The van der Waals surface area contributed by atoms with Crippen LogP contribution in [0, 0.1) is 5.41 Å². The van der Waals surface area contributed by atoms with Crippen LogP contribution in [0.25, 0.3) is 0 Å². The minimum atomic E-state index is -0.928. The fourth-order valence-electron chi connectivity index (χ4n) is 2.57. The van der Waals surface area contributed by atoms with Gasteiger partial charge in [0.1, 0.15) is 5.78 Å². The summed E-state index contributed by atoms with van der Waals surface area (Å²) in [5.74, 6) is -0.677. The molecule has 0 aromatic heterocycles. The molecule has 1 N–H and O–H groups in total. The number of hydrogen-bond donors (Lipinski definition) is 1. The molecule has 106 valence electrons. The van der Waals surface area contributed by atoms with E-state index in [0.717, 1.165) is 17.7 Å². The molecule has 0 radical (unpaired) electrons. The molecule has 4 nitrogen and oxygen atoms in total. The smallest absolute Gasteiger partial charge is 0.335 e. The van der Waals surface area contributed by atoms with Crippen LogP contribution >= 0.6 is 0 Å². The molecular weight excluding hydrogens is 254 g/mol. The number of carbonyl (C=O) groups excluding carboxylic acids is 1. The first kappa shape index (κ1) is 14.4. The van der Waals surface area contributed by atoms with Crippen LogP contribution < -0.4 is 0 Å². The third-order valence-corrected chi connectivity index (χ3v) is 3.45. The van der Waals surface area contributed by atoms with E-state index in [4.69, 9.17) is 5.11 Å². The van der Waals surface area contributed by atoms with E-state index in [1.807, 2.05) is 0 Å². The molecule has 0 heterocycles. The van der Waals surface area contributed by atoms with Crippen molar-refractivity contribution in [3.05, 3.63) is 35.4 Å². The zero-order valence-electron chi connectivity index (χ0n) is 11.8. The molecule has 0 saturated heterocycles. The molecule has 0 amide bonds. The zero-order chi connectivity index (χ0) is 14.8. The Labute approximate surface area is 118 Å². The maximum atomic E-state index is 11.7. The second kappa shape index (κ2) is 5.57. The first-order chi connectivity index (χ1) is 9.35. The highest BCUT2D eigenvalue weighted by Crippen LogP contribution is 2.31. The van der Waals surface area contributed by atoms with Crippen molar-refractivity contribution in [2.24, 2.45) is 10.4 Å². The number of nitrogens with zero attached hydrogens (tertiary/aromatic N) is 1. The second-order valence-corrected chi connectivity index (χ2v) is 6.12. The zero-order valence-corrected chi connectivity index (χ0v) is 11.8. The lowest BCUT2D eigenvalue weighted by Crippen LogP contribution is -2.29. The molecule has 0 aliphatic heterocycles. The van der Waals surface area contributed by atoms with Crippen molar-refractivity contribution >= 4 is 17.5 Å². The summed E-state index contributed by atoms with van der Waals surface area (Å²) in [7, 11) is 0. The first-order valence-electron chi connectivity index (χ1n) is 6.72. The Morgan fingerprint density at radius 3 is 2.45 bits per heavy atom. The van der Waals surface area contributed by atoms with E-state index < -0.39 is 5.97 Å². The third-order valence-electron chi connectivity index (χ3n) is 3.45. The highest BCUT2D eigenvalue weighted by Gasteiger charge is 2.29. The van der Waals surface area contributed by atoms with Gasteiger partial charge in [0.05, 0.1) is 12.1 Å². The van der Waals surface area contributed by atoms with Gasteiger partial charge >= 0.3 is 5.97 Å². The van der Waals surface area contributed by atoms with Crippen molar-refractivity contribution in [3.8, 4) is 0 Å². The van der Waals surface area contributed by atoms with Crippen molar-refractivity contribution in [1.82, 2.24) is 0 Å². The Balaban J connectivity index is 2.05. The molecule has 1 aliphatic rings. The Morgan fingerprint density at radius 2 is 1.90 bits per heavy atom. The number of benzene rings is 1. The topological polar surface area (TPSA) is 66.7 Å². The molecule has 1 saturated carbocycles. The summed E-state index contributed by atoms with van der Waals surface area (Å²) in [4.78, 5) is 27.0. The molecule has 1 fully saturated rings. The van der Waals surface area contributed by atoms with E-state index in [1.54, 1.807) is 24.3 Å². The highest BCUT2D eigenvalue weighted by atomic mass is 16.4. The van der Waals surface area contributed by atoms with Crippen molar-refractivity contribution in [3.63, 3.8) is 0 Å². The molecule has 0 unspecified atom stereocenters. The van der Waals surface area contributed by atoms with Gasteiger partial charge in [0.25, 0.3) is 0 Å². The van der Waals surface area contributed by atoms with Crippen LogP contribution in [0.4, 0.5) is 0 Å². The number of carbonyl (C=O) groups is 2. The SMILES string of the molecule is CC1(C)CC(=O)CC(=NCc2ccc(C(=O)O)cc2)C1. The summed E-state index contributed by atoms with van der Waals surface area (Å²) in [5.41, 5.74) is 2.18. The van der Waals surface area contributed by atoms with Crippen molar-refractivity contribution in [1.29, 1.82) is 0 Å². The van der Waals surface area contributed by atoms with Gasteiger partial charge in [0.15, 0.2) is 0 Å². The van der Waals surface area contributed by atoms with Crippen LogP contribution in [0.15, 0.2) is 29.3 Å². The number of Topliss-reactive ketones (excluding diaryl/α,β-unsaturated/α-hetero) is 1. The molecule has 0 atom stereocenters. The van der Waals surface area contributed by atoms with Gasteiger partial charge in [-0.1, -0.05) is 26.0 Å². The van der Waals surface area contributed by atoms with Crippen LogP contribution in [0.1, 0.15) is 49.0 Å². The van der Waals surface area contributed by atoms with Crippen LogP contribution in [0.2, 0.25) is 0 Å². The molecule has 2 rings (SSSR count). The molecule has 0 bridgehead atoms. The number of ketones is 1. The average molecular weight is 273 g/mol. The number of rotatable bonds is 3. The second-order valence-electron chi connectivity index (χ2n) is 6.12. The molecule has 20 heavy (non-hydrogen) atoms. The minimum absolute atomic E-state index is 0.00132. The maximum Gasteiger partial charge on any atom is 0.335 e. The lowest BCUT2D eigenvalue weighted by atomic mass is 9.76. The number of aliphatic imine (C=N–C) groups is 1. The normalized spacial score (nSPS) is 20.1. The summed E-state index contributed by atoms with van der Waals surface area (Å²) in [6.07, 6.45) is 1.93. The molecule has 0 spiro atoms. The predicted molar refractivity (Wildman–Crippen MR) is 77.2 cm³/mol. The summed E-state index contributed by atoms with van der Waals surface area (Å²) in [6.45, 7) is 4.67. The number of aromatic carboxylic acids is 1. The Morgan fingerprint density at radius 1 is 1.25 bits per heavy atom. The van der Waals surface area contributed by atoms with E-state index in [9.17, 15) is 9.59 Å². The van der Waals surface area contributed by atoms with Gasteiger partial charge in [-0.2, -0.15) is 0 Å². The largest absolute Gasteiger partial charge is 0.478 e. The molecule has 4 heteroatoms. The van der Waals surface area contributed by atoms with Crippen molar-refractivity contribution in [2.75, 3.05) is 0 Å². The highest BCUT2D eigenvalue weighted by molar-refractivity contribution is 6.04. The Hall–Kier alpha value is -1.97. The van der Waals surface area contributed by atoms with Crippen LogP contribution in [-0.4, -0.2) is 22.6 Å². The Kier molecular flexibility index (Phi) is 4.02. The first-order valence-corrected chi connectivity index (χ1v) is 6.72. The quantitative estimate of drug-likeness (QED) is 0.920. The minimum Gasteiger partial charge on any atom is -0.478 e. The molecule has 1 aliphatic carbocycles. The molecule has 1 aromatic carbocycles. The number of carboxylic acid groups (broad SMARTS) is 1. The lowest BCUT2D eigenvalue weighted by molar-refractivity contribution is -0.120.